The third-order valence-electron chi connectivity index (χ3n) is 7.60. The second kappa shape index (κ2) is 8.22. The minimum Gasteiger partial charge on any atom is -0.456 e. The number of nitrogens with zero attached hydrogens (tertiary/aromatic N) is 1. The van der Waals surface area contributed by atoms with Crippen LogP contribution in [0.5, 0.6) is 0 Å². The molecule has 178 valence electrons. The van der Waals surface area contributed by atoms with Gasteiger partial charge in [-0.05, 0) is 70.8 Å². The summed E-state index contributed by atoms with van der Waals surface area (Å²) in [6.45, 7) is 0. The Morgan fingerprint density at radius 3 is 1.82 bits per heavy atom. The second-order valence-corrected chi connectivity index (χ2v) is 9.81. The van der Waals surface area contributed by atoms with Crippen LogP contribution in [0.15, 0.2) is 144 Å². The zero-order chi connectivity index (χ0) is 25.1. The monoisotopic (exact) mass is 485 g/mol. The third-order valence-corrected chi connectivity index (χ3v) is 7.60. The molecule has 2 aromatic heterocycles. The Labute approximate surface area is 220 Å². The topological polar surface area (TPSA) is 18.1 Å². The van der Waals surface area contributed by atoms with Gasteiger partial charge in [0.25, 0.3) is 0 Å². The molecule has 0 bridgehead atoms. The van der Waals surface area contributed by atoms with Crippen LogP contribution < -0.4 is 0 Å². The number of fused-ring (bicyclic) bond motifs is 6. The van der Waals surface area contributed by atoms with Crippen LogP contribution in [0.1, 0.15) is 0 Å². The molecule has 0 aliphatic rings. The van der Waals surface area contributed by atoms with Crippen LogP contribution in [-0.2, 0) is 0 Å². The molecule has 0 aliphatic heterocycles. The Hall–Kier alpha value is -5.08. The molecule has 2 nitrogen and oxygen atoms in total. The van der Waals surface area contributed by atoms with E-state index in [9.17, 15) is 0 Å². The molecule has 38 heavy (non-hydrogen) atoms. The zero-order valence-corrected chi connectivity index (χ0v) is 20.6. The SMILES string of the molecule is c1ccc(-c2ccc3c(c2)oc2ccc(-n4c5ccccc5c5cc(-c6ccccc6)ccc54)cc23)cc1. The molecule has 2 heterocycles. The summed E-state index contributed by atoms with van der Waals surface area (Å²) in [5, 5.41) is 4.77. The van der Waals surface area contributed by atoms with Gasteiger partial charge in [0.05, 0.1) is 11.0 Å². The van der Waals surface area contributed by atoms with Gasteiger partial charge in [-0.25, -0.2) is 0 Å². The second-order valence-electron chi connectivity index (χ2n) is 9.81. The van der Waals surface area contributed by atoms with E-state index in [2.05, 4.69) is 138 Å². The summed E-state index contributed by atoms with van der Waals surface area (Å²) in [4.78, 5) is 0. The quantitative estimate of drug-likeness (QED) is 0.243. The summed E-state index contributed by atoms with van der Waals surface area (Å²) in [5.74, 6) is 0. The van der Waals surface area contributed by atoms with Gasteiger partial charge in [-0.2, -0.15) is 0 Å². The molecule has 0 unspecified atom stereocenters. The molecule has 0 radical (unpaired) electrons. The Balaban J connectivity index is 1.33. The standard InChI is InChI=1S/C36H23NO/c1-3-9-24(10-4-1)26-16-19-34-31(21-26)29-13-7-8-14-33(29)37(34)28-17-20-35-32(23-28)30-18-15-27(22-36(30)38-35)25-11-5-2-6-12-25/h1-23H. The van der Waals surface area contributed by atoms with Crippen molar-refractivity contribution >= 4 is 43.7 Å². The van der Waals surface area contributed by atoms with E-state index in [0.29, 0.717) is 0 Å². The van der Waals surface area contributed by atoms with Gasteiger partial charge < -0.3 is 8.98 Å². The Kier molecular flexibility index (Phi) is 4.55. The van der Waals surface area contributed by atoms with Gasteiger partial charge in [-0.15, -0.1) is 0 Å². The lowest BCUT2D eigenvalue weighted by molar-refractivity contribution is 0.669. The number of hydrogen-bond donors (Lipinski definition) is 0. The lowest BCUT2D eigenvalue weighted by atomic mass is 10.0. The van der Waals surface area contributed by atoms with E-state index in [1.54, 1.807) is 0 Å². The van der Waals surface area contributed by atoms with Gasteiger partial charge in [0.1, 0.15) is 11.2 Å². The van der Waals surface area contributed by atoms with Crippen LogP contribution in [0.3, 0.4) is 0 Å². The van der Waals surface area contributed by atoms with Crippen molar-refractivity contribution in [3.05, 3.63) is 140 Å². The molecule has 0 saturated heterocycles. The molecule has 0 atom stereocenters. The zero-order valence-electron chi connectivity index (χ0n) is 20.6. The molecule has 6 aromatic carbocycles. The molecule has 8 aromatic rings. The molecule has 2 heteroatoms. The Bertz CT molecular complexity index is 2110. The number of furan rings is 1. The van der Waals surface area contributed by atoms with E-state index in [0.717, 1.165) is 33.2 Å². The van der Waals surface area contributed by atoms with E-state index in [1.807, 2.05) is 6.07 Å². The van der Waals surface area contributed by atoms with Crippen molar-refractivity contribution in [2.24, 2.45) is 0 Å². The smallest absolute Gasteiger partial charge is 0.136 e. The molecule has 0 aliphatic carbocycles. The van der Waals surface area contributed by atoms with Gasteiger partial charge in [-0.3, -0.25) is 0 Å². The van der Waals surface area contributed by atoms with Gasteiger partial charge in [0.2, 0.25) is 0 Å². The lowest BCUT2D eigenvalue weighted by Gasteiger charge is -2.09. The van der Waals surface area contributed by atoms with E-state index in [4.69, 9.17) is 4.42 Å². The highest BCUT2D eigenvalue weighted by Crippen LogP contribution is 2.37. The van der Waals surface area contributed by atoms with Crippen molar-refractivity contribution in [1.29, 1.82) is 0 Å². The van der Waals surface area contributed by atoms with Crippen LogP contribution in [0.25, 0.3) is 71.7 Å². The fraction of sp³-hybridized carbons (Fsp3) is 0. The summed E-state index contributed by atoms with van der Waals surface area (Å²) in [6.07, 6.45) is 0. The van der Waals surface area contributed by atoms with E-state index < -0.39 is 0 Å². The van der Waals surface area contributed by atoms with Crippen LogP contribution in [0.2, 0.25) is 0 Å². The minimum absolute atomic E-state index is 0.904. The highest BCUT2D eigenvalue weighted by Gasteiger charge is 2.15. The van der Waals surface area contributed by atoms with E-state index in [1.165, 1.54) is 38.5 Å². The van der Waals surface area contributed by atoms with Gasteiger partial charge in [-0.1, -0.05) is 91.0 Å². The average molecular weight is 486 g/mol. The first kappa shape index (κ1) is 21.0. The van der Waals surface area contributed by atoms with Crippen molar-refractivity contribution in [3.8, 4) is 27.9 Å². The fourth-order valence-electron chi connectivity index (χ4n) is 5.78. The first-order valence-electron chi connectivity index (χ1n) is 12.9. The third kappa shape index (κ3) is 3.21. The van der Waals surface area contributed by atoms with Crippen LogP contribution in [-0.4, -0.2) is 4.57 Å². The minimum atomic E-state index is 0.904. The molecule has 0 N–H and O–H groups in total. The molecular weight excluding hydrogens is 462 g/mol. The van der Waals surface area contributed by atoms with Crippen molar-refractivity contribution < 1.29 is 4.42 Å². The number of aromatic nitrogens is 1. The summed E-state index contributed by atoms with van der Waals surface area (Å²) >= 11 is 0. The largest absolute Gasteiger partial charge is 0.456 e. The summed E-state index contributed by atoms with van der Waals surface area (Å²) < 4.78 is 8.69. The lowest BCUT2D eigenvalue weighted by Crippen LogP contribution is -1.93. The molecule has 0 fully saturated rings. The number of rotatable bonds is 3. The maximum absolute atomic E-state index is 6.32. The first-order valence-corrected chi connectivity index (χ1v) is 12.9. The molecule has 0 spiro atoms. The van der Waals surface area contributed by atoms with Gasteiger partial charge in [0, 0.05) is 27.2 Å². The van der Waals surface area contributed by atoms with Crippen LogP contribution in [0.4, 0.5) is 0 Å². The van der Waals surface area contributed by atoms with E-state index >= 15 is 0 Å². The van der Waals surface area contributed by atoms with Crippen LogP contribution in [0, 0.1) is 0 Å². The Morgan fingerprint density at radius 2 is 1.03 bits per heavy atom. The molecular formula is C36H23NO. The summed E-state index contributed by atoms with van der Waals surface area (Å²) in [6, 6.07) is 49.6. The fourth-order valence-corrected chi connectivity index (χ4v) is 5.78. The van der Waals surface area contributed by atoms with Gasteiger partial charge >= 0.3 is 0 Å². The maximum atomic E-state index is 6.32. The first-order chi connectivity index (χ1) is 18.8. The maximum Gasteiger partial charge on any atom is 0.136 e. The van der Waals surface area contributed by atoms with E-state index in [-0.39, 0.29) is 0 Å². The van der Waals surface area contributed by atoms with Crippen molar-refractivity contribution in [2.45, 2.75) is 0 Å². The van der Waals surface area contributed by atoms with Crippen molar-refractivity contribution in [2.75, 3.05) is 0 Å². The number of para-hydroxylation sites is 1. The van der Waals surface area contributed by atoms with Crippen molar-refractivity contribution in [1.82, 2.24) is 4.57 Å². The number of hydrogen-bond acceptors (Lipinski definition) is 1. The predicted octanol–water partition coefficient (Wildman–Crippen LogP) is 10.0. The molecule has 8 rings (SSSR count). The Morgan fingerprint density at radius 1 is 0.368 bits per heavy atom. The highest BCUT2D eigenvalue weighted by molar-refractivity contribution is 6.11. The summed E-state index contributed by atoms with van der Waals surface area (Å²) in [5.41, 5.74) is 10.2. The van der Waals surface area contributed by atoms with Crippen molar-refractivity contribution in [3.63, 3.8) is 0 Å². The summed E-state index contributed by atoms with van der Waals surface area (Å²) in [7, 11) is 0. The predicted molar refractivity (Wildman–Crippen MR) is 159 cm³/mol. The van der Waals surface area contributed by atoms with Crippen LogP contribution >= 0.6 is 0 Å². The number of benzene rings is 6. The highest BCUT2D eigenvalue weighted by atomic mass is 16.3. The normalized spacial score (nSPS) is 11.7. The molecule has 0 saturated carbocycles. The van der Waals surface area contributed by atoms with Gasteiger partial charge in [0.15, 0.2) is 0 Å². The average Bonchev–Trinajstić information content (AvgIpc) is 3.52. The molecule has 0 amide bonds.